The van der Waals surface area contributed by atoms with Gasteiger partial charge in [0.05, 0.1) is 0 Å². The first kappa shape index (κ1) is 10.1. The molecular formula is C12H19N. The Balaban J connectivity index is 2.91. The molecule has 1 aliphatic rings. The van der Waals surface area contributed by atoms with Crippen molar-refractivity contribution in [3.63, 3.8) is 0 Å². The van der Waals surface area contributed by atoms with Crippen LogP contribution in [0.3, 0.4) is 0 Å². The Morgan fingerprint density at radius 2 is 2.23 bits per heavy atom. The Kier molecular flexibility index (Phi) is 3.35. The van der Waals surface area contributed by atoms with Gasteiger partial charge in [-0.1, -0.05) is 32.6 Å². The Morgan fingerprint density at radius 3 is 2.69 bits per heavy atom. The minimum Gasteiger partial charge on any atom is -0.384 e. The molecule has 1 heteroatoms. The summed E-state index contributed by atoms with van der Waals surface area (Å²) in [5, 5.41) is 3.41. The van der Waals surface area contributed by atoms with Crippen LogP contribution >= 0.6 is 0 Å². The van der Waals surface area contributed by atoms with Crippen molar-refractivity contribution in [1.29, 1.82) is 0 Å². The Hall–Kier alpha value is -0.980. The fourth-order valence-corrected chi connectivity index (χ4v) is 1.81. The van der Waals surface area contributed by atoms with E-state index in [1.807, 2.05) is 13.0 Å². The molecule has 0 aromatic heterocycles. The maximum absolute atomic E-state index is 3.88. The van der Waals surface area contributed by atoms with Gasteiger partial charge in [-0.2, -0.15) is 0 Å². The van der Waals surface area contributed by atoms with Crippen LogP contribution in [0.4, 0.5) is 0 Å². The zero-order chi connectivity index (χ0) is 9.84. The molecule has 1 rings (SSSR count). The zero-order valence-corrected chi connectivity index (χ0v) is 8.80. The van der Waals surface area contributed by atoms with Crippen molar-refractivity contribution in [2.45, 2.75) is 20.8 Å². The van der Waals surface area contributed by atoms with Gasteiger partial charge in [0.2, 0.25) is 0 Å². The van der Waals surface area contributed by atoms with Crippen LogP contribution < -0.4 is 5.32 Å². The van der Waals surface area contributed by atoms with Crippen molar-refractivity contribution in [3.8, 4) is 0 Å². The third-order valence-corrected chi connectivity index (χ3v) is 2.58. The van der Waals surface area contributed by atoms with E-state index in [1.165, 1.54) is 11.3 Å². The molecule has 0 aromatic carbocycles. The van der Waals surface area contributed by atoms with Gasteiger partial charge < -0.3 is 5.32 Å². The van der Waals surface area contributed by atoms with Crippen molar-refractivity contribution < 1.29 is 0 Å². The molecule has 0 saturated heterocycles. The summed E-state index contributed by atoms with van der Waals surface area (Å²) in [6.07, 6.45) is 6.17. The minimum absolute atomic E-state index is 0.628. The van der Waals surface area contributed by atoms with Crippen LogP contribution in [0.15, 0.2) is 36.1 Å². The average molecular weight is 177 g/mol. The van der Waals surface area contributed by atoms with Crippen LogP contribution in [0.2, 0.25) is 0 Å². The number of hydrogen-bond acceptors (Lipinski definition) is 1. The van der Waals surface area contributed by atoms with E-state index in [2.05, 4.69) is 37.9 Å². The standard InChI is InChI=1S/C12H19N/c1-5-7-12-10(6-2)11(8-13-12)9(3)4/h5-7,9,11,13H,2,8H2,1,3-4H3/b7-5-. The number of hydrogen-bond donors (Lipinski definition) is 1. The quantitative estimate of drug-likeness (QED) is 0.699. The molecule has 0 saturated carbocycles. The predicted octanol–water partition coefficient (Wildman–Crippen LogP) is 2.88. The highest BCUT2D eigenvalue weighted by molar-refractivity contribution is 5.37. The van der Waals surface area contributed by atoms with Gasteiger partial charge in [0.25, 0.3) is 0 Å². The van der Waals surface area contributed by atoms with Crippen LogP contribution in [0.1, 0.15) is 20.8 Å². The molecule has 0 amide bonds. The molecule has 1 unspecified atom stereocenters. The molecule has 0 radical (unpaired) electrons. The first-order chi connectivity index (χ1) is 6.20. The summed E-state index contributed by atoms with van der Waals surface area (Å²) >= 11 is 0. The normalized spacial score (nSPS) is 22.9. The lowest BCUT2D eigenvalue weighted by atomic mass is 9.89. The van der Waals surface area contributed by atoms with Crippen LogP contribution in [0, 0.1) is 11.8 Å². The number of allylic oxidation sites excluding steroid dienone is 3. The lowest BCUT2D eigenvalue weighted by molar-refractivity contribution is 0.464. The van der Waals surface area contributed by atoms with Crippen molar-refractivity contribution >= 4 is 0 Å². The Labute approximate surface area is 81.2 Å². The Bertz CT molecular complexity index is 246. The lowest BCUT2D eigenvalue weighted by Gasteiger charge is -2.14. The van der Waals surface area contributed by atoms with E-state index in [1.54, 1.807) is 0 Å². The molecule has 72 valence electrons. The summed E-state index contributed by atoms with van der Waals surface area (Å²) in [6.45, 7) is 11.5. The second kappa shape index (κ2) is 4.31. The van der Waals surface area contributed by atoms with Gasteiger partial charge in [-0.15, -0.1) is 0 Å². The molecule has 1 atom stereocenters. The maximum Gasteiger partial charge on any atom is 0.0373 e. The summed E-state index contributed by atoms with van der Waals surface area (Å²) in [5.41, 5.74) is 2.62. The second-order valence-electron chi connectivity index (χ2n) is 3.80. The van der Waals surface area contributed by atoms with E-state index in [0.29, 0.717) is 11.8 Å². The largest absolute Gasteiger partial charge is 0.384 e. The highest BCUT2D eigenvalue weighted by Gasteiger charge is 2.24. The third kappa shape index (κ3) is 2.03. The van der Waals surface area contributed by atoms with E-state index in [-0.39, 0.29) is 0 Å². The highest BCUT2D eigenvalue weighted by atomic mass is 14.9. The van der Waals surface area contributed by atoms with Gasteiger partial charge in [0.15, 0.2) is 0 Å². The number of nitrogens with one attached hydrogen (secondary N) is 1. The molecule has 0 spiro atoms. The molecular weight excluding hydrogens is 158 g/mol. The topological polar surface area (TPSA) is 12.0 Å². The maximum atomic E-state index is 3.88. The lowest BCUT2D eigenvalue weighted by Crippen LogP contribution is -2.16. The average Bonchev–Trinajstić information content (AvgIpc) is 2.48. The molecule has 0 aromatic rings. The Morgan fingerprint density at radius 1 is 1.54 bits per heavy atom. The molecule has 1 aliphatic heterocycles. The van der Waals surface area contributed by atoms with Crippen molar-refractivity contribution in [2.75, 3.05) is 6.54 Å². The molecule has 1 heterocycles. The van der Waals surface area contributed by atoms with Crippen molar-refractivity contribution in [2.24, 2.45) is 11.8 Å². The summed E-state index contributed by atoms with van der Waals surface area (Å²) in [6, 6.07) is 0. The minimum atomic E-state index is 0.628. The van der Waals surface area contributed by atoms with E-state index in [0.717, 1.165) is 6.54 Å². The van der Waals surface area contributed by atoms with Crippen LogP contribution in [-0.4, -0.2) is 6.54 Å². The summed E-state index contributed by atoms with van der Waals surface area (Å²) < 4.78 is 0. The molecule has 13 heavy (non-hydrogen) atoms. The number of rotatable bonds is 3. The third-order valence-electron chi connectivity index (χ3n) is 2.58. The molecule has 0 fully saturated rings. The van der Waals surface area contributed by atoms with Crippen molar-refractivity contribution in [1.82, 2.24) is 5.32 Å². The smallest absolute Gasteiger partial charge is 0.0373 e. The van der Waals surface area contributed by atoms with Gasteiger partial charge in [0.1, 0.15) is 0 Å². The van der Waals surface area contributed by atoms with Gasteiger partial charge in [-0.05, 0) is 24.5 Å². The van der Waals surface area contributed by atoms with Crippen molar-refractivity contribution in [3.05, 3.63) is 36.1 Å². The molecule has 1 nitrogen and oxygen atoms in total. The zero-order valence-electron chi connectivity index (χ0n) is 8.80. The van der Waals surface area contributed by atoms with Crippen LogP contribution in [-0.2, 0) is 0 Å². The van der Waals surface area contributed by atoms with Gasteiger partial charge in [-0.25, -0.2) is 0 Å². The SMILES string of the molecule is C=CC1=C(/C=C\C)NCC1C(C)C. The van der Waals surface area contributed by atoms with E-state index in [9.17, 15) is 0 Å². The summed E-state index contributed by atoms with van der Waals surface area (Å²) in [7, 11) is 0. The monoisotopic (exact) mass is 177 g/mol. The predicted molar refractivity (Wildman–Crippen MR) is 58.4 cm³/mol. The summed E-state index contributed by atoms with van der Waals surface area (Å²) in [5.74, 6) is 1.31. The molecule has 1 N–H and O–H groups in total. The van der Waals surface area contributed by atoms with Gasteiger partial charge in [-0.3, -0.25) is 0 Å². The second-order valence-corrected chi connectivity index (χ2v) is 3.80. The first-order valence-electron chi connectivity index (χ1n) is 4.93. The van der Waals surface area contributed by atoms with E-state index in [4.69, 9.17) is 0 Å². The highest BCUT2D eigenvalue weighted by Crippen LogP contribution is 2.28. The molecule has 0 aliphatic carbocycles. The van der Waals surface area contributed by atoms with Gasteiger partial charge in [0, 0.05) is 18.2 Å². The first-order valence-corrected chi connectivity index (χ1v) is 4.93. The summed E-state index contributed by atoms with van der Waals surface area (Å²) in [4.78, 5) is 0. The van der Waals surface area contributed by atoms with Crippen LogP contribution in [0.5, 0.6) is 0 Å². The fraction of sp³-hybridized carbons (Fsp3) is 0.500. The molecule has 0 bridgehead atoms. The van der Waals surface area contributed by atoms with Crippen LogP contribution in [0.25, 0.3) is 0 Å². The fourth-order valence-electron chi connectivity index (χ4n) is 1.81. The van der Waals surface area contributed by atoms with E-state index < -0.39 is 0 Å². The van der Waals surface area contributed by atoms with E-state index >= 15 is 0 Å². The van der Waals surface area contributed by atoms with Gasteiger partial charge >= 0.3 is 0 Å².